The first-order chi connectivity index (χ1) is 10.6. The van der Waals surface area contributed by atoms with E-state index in [1.807, 2.05) is 43.5 Å². The van der Waals surface area contributed by atoms with Crippen molar-refractivity contribution in [2.45, 2.75) is 33.6 Å². The summed E-state index contributed by atoms with van der Waals surface area (Å²) >= 11 is 1.44. The van der Waals surface area contributed by atoms with Crippen molar-refractivity contribution < 1.29 is 9.53 Å². The van der Waals surface area contributed by atoms with E-state index in [4.69, 9.17) is 4.74 Å². The van der Waals surface area contributed by atoms with Gasteiger partial charge in [0.2, 0.25) is 5.91 Å². The molecule has 22 heavy (non-hydrogen) atoms. The van der Waals surface area contributed by atoms with E-state index in [9.17, 15) is 4.79 Å². The van der Waals surface area contributed by atoms with Crippen molar-refractivity contribution in [2.24, 2.45) is 5.92 Å². The SMILES string of the molecule is CCCCOc1ccc(-c2csc(NC(=O)C(C)C)n2)cc1. The lowest BCUT2D eigenvalue weighted by Gasteiger charge is -2.05. The molecule has 2 aromatic rings. The Morgan fingerprint density at radius 2 is 2.05 bits per heavy atom. The second-order valence-corrected chi connectivity index (χ2v) is 6.27. The molecule has 0 spiro atoms. The molecule has 0 aliphatic rings. The lowest BCUT2D eigenvalue weighted by molar-refractivity contribution is -0.118. The summed E-state index contributed by atoms with van der Waals surface area (Å²) in [6, 6.07) is 7.89. The fourth-order valence-electron chi connectivity index (χ4n) is 1.77. The smallest absolute Gasteiger partial charge is 0.228 e. The summed E-state index contributed by atoms with van der Waals surface area (Å²) < 4.78 is 5.65. The van der Waals surface area contributed by atoms with Gasteiger partial charge in [-0.05, 0) is 30.7 Å². The molecule has 0 bridgehead atoms. The zero-order valence-electron chi connectivity index (χ0n) is 13.3. The Balaban J connectivity index is 2.00. The van der Waals surface area contributed by atoms with E-state index in [-0.39, 0.29) is 11.8 Å². The molecule has 0 radical (unpaired) electrons. The highest BCUT2D eigenvalue weighted by Crippen LogP contribution is 2.26. The van der Waals surface area contributed by atoms with Crippen molar-refractivity contribution in [3.05, 3.63) is 29.6 Å². The van der Waals surface area contributed by atoms with Crippen LogP contribution in [0.3, 0.4) is 0 Å². The molecule has 1 aromatic heterocycles. The van der Waals surface area contributed by atoms with Gasteiger partial charge in [0.1, 0.15) is 5.75 Å². The molecule has 1 heterocycles. The number of carbonyl (C=O) groups is 1. The molecular formula is C17H22N2O2S. The van der Waals surface area contributed by atoms with Crippen LogP contribution < -0.4 is 10.1 Å². The minimum atomic E-state index is -0.0492. The molecule has 0 fully saturated rings. The summed E-state index contributed by atoms with van der Waals surface area (Å²) in [6.45, 7) is 6.62. The van der Waals surface area contributed by atoms with Crippen molar-refractivity contribution in [1.29, 1.82) is 0 Å². The molecule has 5 heteroatoms. The van der Waals surface area contributed by atoms with Crippen LogP contribution in [0, 0.1) is 5.92 Å². The molecule has 0 saturated carbocycles. The molecular weight excluding hydrogens is 296 g/mol. The van der Waals surface area contributed by atoms with Crippen molar-refractivity contribution in [3.8, 4) is 17.0 Å². The average molecular weight is 318 g/mol. The number of anilines is 1. The number of carbonyl (C=O) groups excluding carboxylic acids is 1. The third-order valence-electron chi connectivity index (χ3n) is 3.18. The number of hydrogen-bond donors (Lipinski definition) is 1. The number of nitrogens with one attached hydrogen (secondary N) is 1. The molecule has 1 N–H and O–H groups in total. The number of hydrogen-bond acceptors (Lipinski definition) is 4. The summed E-state index contributed by atoms with van der Waals surface area (Å²) in [5, 5.41) is 5.40. The van der Waals surface area contributed by atoms with Gasteiger partial charge in [-0.25, -0.2) is 4.98 Å². The van der Waals surface area contributed by atoms with Crippen molar-refractivity contribution in [2.75, 3.05) is 11.9 Å². The van der Waals surface area contributed by atoms with Gasteiger partial charge in [-0.1, -0.05) is 27.2 Å². The van der Waals surface area contributed by atoms with E-state index < -0.39 is 0 Å². The molecule has 118 valence electrons. The summed E-state index contributed by atoms with van der Waals surface area (Å²) in [7, 11) is 0. The number of benzene rings is 1. The van der Waals surface area contributed by atoms with Crippen molar-refractivity contribution in [1.82, 2.24) is 4.98 Å². The maximum atomic E-state index is 11.7. The van der Waals surface area contributed by atoms with E-state index in [1.54, 1.807) is 0 Å². The minimum Gasteiger partial charge on any atom is -0.494 e. The molecule has 0 saturated heterocycles. The van der Waals surface area contributed by atoms with Gasteiger partial charge < -0.3 is 10.1 Å². The van der Waals surface area contributed by atoms with E-state index in [1.165, 1.54) is 11.3 Å². The van der Waals surface area contributed by atoms with Gasteiger partial charge in [-0.3, -0.25) is 4.79 Å². The largest absolute Gasteiger partial charge is 0.494 e. The Morgan fingerprint density at radius 1 is 1.32 bits per heavy atom. The first-order valence-corrected chi connectivity index (χ1v) is 8.47. The Morgan fingerprint density at radius 3 is 2.68 bits per heavy atom. The summed E-state index contributed by atoms with van der Waals surface area (Å²) in [5.74, 6) is 0.813. The number of unbranched alkanes of at least 4 members (excludes halogenated alkanes) is 1. The Hall–Kier alpha value is -1.88. The third-order valence-corrected chi connectivity index (χ3v) is 3.93. The molecule has 1 aromatic carbocycles. The Kier molecular flexibility index (Phi) is 5.95. The van der Waals surface area contributed by atoms with Crippen LogP contribution in [0.1, 0.15) is 33.6 Å². The zero-order valence-corrected chi connectivity index (χ0v) is 14.1. The topological polar surface area (TPSA) is 51.2 Å². The highest BCUT2D eigenvalue weighted by atomic mass is 32.1. The van der Waals surface area contributed by atoms with Gasteiger partial charge >= 0.3 is 0 Å². The molecule has 0 unspecified atom stereocenters. The normalized spacial score (nSPS) is 10.7. The van der Waals surface area contributed by atoms with Gasteiger partial charge in [0.25, 0.3) is 0 Å². The molecule has 1 amide bonds. The summed E-state index contributed by atoms with van der Waals surface area (Å²) in [4.78, 5) is 16.1. The minimum absolute atomic E-state index is 0.0134. The van der Waals surface area contributed by atoms with Crippen LogP contribution >= 0.6 is 11.3 Å². The number of amides is 1. The fourth-order valence-corrected chi connectivity index (χ4v) is 2.49. The van der Waals surface area contributed by atoms with Gasteiger partial charge in [-0.15, -0.1) is 11.3 Å². The third kappa shape index (κ3) is 4.56. The zero-order chi connectivity index (χ0) is 15.9. The van der Waals surface area contributed by atoms with Gasteiger partial charge in [0.05, 0.1) is 12.3 Å². The predicted octanol–water partition coefficient (Wildman–Crippen LogP) is 4.58. The molecule has 2 rings (SSSR count). The van der Waals surface area contributed by atoms with Crippen LogP contribution in [-0.4, -0.2) is 17.5 Å². The molecule has 0 aliphatic heterocycles. The predicted molar refractivity (Wildman–Crippen MR) is 91.4 cm³/mol. The second-order valence-electron chi connectivity index (χ2n) is 5.41. The summed E-state index contributed by atoms with van der Waals surface area (Å²) in [5.41, 5.74) is 1.88. The Bertz CT molecular complexity index is 605. The standard InChI is InChI=1S/C17H22N2O2S/c1-4-5-10-21-14-8-6-13(7-9-14)15-11-22-17(18-15)19-16(20)12(2)3/h6-9,11-12H,4-5,10H2,1-3H3,(H,18,19,20). The van der Waals surface area contributed by atoms with Gasteiger partial charge in [0.15, 0.2) is 5.13 Å². The monoisotopic (exact) mass is 318 g/mol. The molecule has 4 nitrogen and oxygen atoms in total. The number of rotatable bonds is 7. The lowest BCUT2D eigenvalue weighted by atomic mass is 10.2. The fraction of sp³-hybridized carbons (Fsp3) is 0.412. The van der Waals surface area contributed by atoms with Crippen LogP contribution in [0.25, 0.3) is 11.3 Å². The first kappa shape index (κ1) is 16.5. The average Bonchev–Trinajstić information content (AvgIpc) is 2.96. The van der Waals surface area contributed by atoms with Crippen molar-refractivity contribution >= 4 is 22.4 Å². The van der Waals surface area contributed by atoms with E-state index >= 15 is 0 Å². The number of nitrogens with zero attached hydrogens (tertiary/aromatic N) is 1. The van der Waals surface area contributed by atoms with Crippen LogP contribution in [0.15, 0.2) is 29.6 Å². The lowest BCUT2D eigenvalue weighted by Crippen LogP contribution is -2.17. The highest BCUT2D eigenvalue weighted by molar-refractivity contribution is 7.14. The second kappa shape index (κ2) is 7.94. The van der Waals surface area contributed by atoms with E-state index in [2.05, 4.69) is 17.2 Å². The van der Waals surface area contributed by atoms with Crippen LogP contribution in [0.2, 0.25) is 0 Å². The number of thiazole rings is 1. The summed E-state index contributed by atoms with van der Waals surface area (Å²) in [6.07, 6.45) is 2.19. The van der Waals surface area contributed by atoms with E-state index in [0.717, 1.165) is 36.5 Å². The number of ether oxygens (including phenoxy) is 1. The number of aromatic nitrogens is 1. The quantitative estimate of drug-likeness (QED) is 0.760. The molecule has 0 aliphatic carbocycles. The van der Waals surface area contributed by atoms with Gasteiger partial charge in [0, 0.05) is 16.9 Å². The maximum absolute atomic E-state index is 11.7. The van der Waals surface area contributed by atoms with Crippen LogP contribution in [0.5, 0.6) is 5.75 Å². The first-order valence-electron chi connectivity index (χ1n) is 7.59. The van der Waals surface area contributed by atoms with Crippen LogP contribution in [0.4, 0.5) is 5.13 Å². The molecule has 0 atom stereocenters. The van der Waals surface area contributed by atoms with Crippen molar-refractivity contribution in [3.63, 3.8) is 0 Å². The maximum Gasteiger partial charge on any atom is 0.228 e. The Labute approximate surface area is 135 Å². The van der Waals surface area contributed by atoms with E-state index in [0.29, 0.717) is 5.13 Å². The van der Waals surface area contributed by atoms with Crippen LogP contribution in [-0.2, 0) is 4.79 Å². The highest BCUT2D eigenvalue weighted by Gasteiger charge is 2.10. The van der Waals surface area contributed by atoms with Gasteiger partial charge in [-0.2, -0.15) is 0 Å².